The molecule has 1 saturated heterocycles. The topological polar surface area (TPSA) is 75.6 Å². The molecule has 8 heteroatoms. The van der Waals surface area contributed by atoms with Crippen LogP contribution in [0.25, 0.3) is 5.65 Å². The molecule has 0 aliphatic carbocycles. The van der Waals surface area contributed by atoms with Crippen LogP contribution >= 0.6 is 0 Å². The second kappa shape index (κ2) is 7.03. The average Bonchev–Trinajstić information content (AvgIpc) is 3.26. The maximum absolute atomic E-state index is 5.56. The van der Waals surface area contributed by atoms with Crippen molar-refractivity contribution in [2.45, 2.75) is 32.1 Å². The van der Waals surface area contributed by atoms with Crippen LogP contribution in [0.2, 0.25) is 0 Å². The van der Waals surface area contributed by atoms with Crippen molar-refractivity contribution < 1.29 is 4.42 Å². The summed E-state index contributed by atoms with van der Waals surface area (Å²) in [6.45, 7) is 5.00. The summed E-state index contributed by atoms with van der Waals surface area (Å²) >= 11 is 0. The molecular formula is C18H25N7O. The minimum atomic E-state index is 0.402. The molecule has 0 radical (unpaired) electrons. The van der Waals surface area contributed by atoms with E-state index in [1.807, 2.05) is 48.8 Å². The second-order valence-corrected chi connectivity index (χ2v) is 7.13. The third-order valence-electron chi connectivity index (χ3n) is 5.03. The molecule has 0 atom stereocenters. The van der Waals surface area contributed by atoms with Crippen LogP contribution in [0.3, 0.4) is 0 Å². The molecule has 4 heterocycles. The zero-order chi connectivity index (χ0) is 18.1. The van der Waals surface area contributed by atoms with Gasteiger partial charge in [0.05, 0.1) is 6.20 Å². The Balaban J connectivity index is 1.40. The number of rotatable bonds is 5. The van der Waals surface area contributed by atoms with Crippen molar-refractivity contribution in [2.24, 2.45) is 0 Å². The molecule has 26 heavy (non-hydrogen) atoms. The lowest BCUT2D eigenvalue weighted by molar-refractivity contribution is 0.207. The second-order valence-electron chi connectivity index (χ2n) is 7.13. The van der Waals surface area contributed by atoms with E-state index in [1.54, 1.807) is 0 Å². The number of fused-ring (bicyclic) bond motifs is 1. The summed E-state index contributed by atoms with van der Waals surface area (Å²) in [5.41, 5.74) is 0.814. The fraction of sp³-hybridized carbons (Fsp3) is 0.556. The Kier molecular flexibility index (Phi) is 4.58. The Morgan fingerprint density at radius 3 is 2.69 bits per heavy atom. The van der Waals surface area contributed by atoms with Crippen LogP contribution in [0.15, 0.2) is 22.7 Å². The first-order valence-corrected chi connectivity index (χ1v) is 9.13. The van der Waals surface area contributed by atoms with Gasteiger partial charge in [-0.15, -0.1) is 15.3 Å². The number of oxazole rings is 1. The quantitative estimate of drug-likeness (QED) is 0.692. The highest BCUT2D eigenvalue weighted by molar-refractivity contribution is 5.45. The molecule has 0 amide bonds. The van der Waals surface area contributed by atoms with Crippen molar-refractivity contribution >= 4 is 11.5 Å². The van der Waals surface area contributed by atoms with Crippen molar-refractivity contribution in [3.63, 3.8) is 0 Å². The van der Waals surface area contributed by atoms with Gasteiger partial charge >= 0.3 is 0 Å². The van der Waals surface area contributed by atoms with Gasteiger partial charge < -0.3 is 14.2 Å². The van der Waals surface area contributed by atoms with E-state index in [-0.39, 0.29) is 0 Å². The number of aryl methyl sites for hydroxylation is 1. The van der Waals surface area contributed by atoms with Crippen LogP contribution in [0.4, 0.5) is 5.82 Å². The van der Waals surface area contributed by atoms with Gasteiger partial charge in [0, 0.05) is 39.9 Å². The molecule has 1 fully saturated rings. The predicted octanol–water partition coefficient (Wildman–Crippen LogP) is 1.91. The summed E-state index contributed by atoms with van der Waals surface area (Å²) in [4.78, 5) is 8.64. The molecular weight excluding hydrogens is 330 g/mol. The molecule has 0 unspecified atom stereocenters. The summed E-state index contributed by atoms with van der Waals surface area (Å²) in [6.07, 6.45) is 4.89. The lowest BCUT2D eigenvalue weighted by Gasteiger charge is -2.30. The lowest BCUT2D eigenvalue weighted by atomic mass is 9.96. The first-order chi connectivity index (χ1) is 12.6. The van der Waals surface area contributed by atoms with Crippen LogP contribution < -0.4 is 4.90 Å². The van der Waals surface area contributed by atoms with Gasteiger partial charge in [-0.1, -0.05) is 0 Å². The van der Waals surface area contributed by atoms with Crippen LogP contribution in [0.1, 0.15) is 36.2 Å². The Hall–Kier alpha value is -2.48. The molecule has 0 N–H and O–H groups in total. The standard InChI is InChI=1S/C18H25N7O/c1-13-19-12-15(26-13)8-11-24-9-6-14(7-10-24)18-21-20-16-4-5-17(23(2)3)22-25(16)18/h4-5,12,14H,6-11H2,1-3H3. The number of hydrogen-bond acceptors (Lipinski definition) is 7. The van der Waals surface area contributed by atoms with Gasteiger partial charge in [0.1, 0.15) is 11.6 Å². The van der Waals surface area contributed by atoms with E-state index in [1.165, 1.54) is 0 Å². The SMILES string of the molecule is Cc1ncc(CCN2CCC(c3nnc4ccc(N(C)C)nn34)CC2)o1. The molecule has 3 aromatic heterocycles. The van der Waals surface area contributed by atoms with Gasteiger partial charge in [0.25, 0.3) is 0 Å². The smallest absolute Gasteiger partial charge is 0.191 e. The molecule has 138 valence electrons. The van der Waals surface area contributed by atoms with E-state index >= 15 is 0 Å². The number of likely N-dealkylation sites (tertiary alicyclic amines) is 1. The molecule has 0 bridgehead atoms. The van der Waals surface area contributed by atoms with Crippen LogP contribution in [0, 0.1) is 6.92 Å². The third kappa shape index (κ3) is 3.41. The van der Waals surface area contributed by atoms with Gasteiger partial charge in [-0.2, -0.15) is 4.52 Å². The molecule has 1 aliphatic rings. The first-order valence-electron chi connectivity index (χ1n) is 9.13. The van der Waals surface area contributed by atoms with Crippen molar-refractivity contribution in [1.29, 1.82) is 0 Å². The number of hydrogen-bond donors (Lipinski definition) is 0. The number of aromatic nitrogens is 5. The van der Waals surface area contributed by atoms with E-state index in [4.69, 9.17) is 9.52 Å². The molecule has 4 rings (SSSR count). The van der Waals surface area contributed by atoms with Crippen molar-refractivity contribution in [1.82, 2.24) is 29.7 Å². The van der Waals surface area contributed by atoms with E-state index in [9.17, 15) is 0 Å². The van der Waals surface area contributed by atoms with E-state index in [0.29, 0.717) is 5.92 Å². The zero-order valence-corrected chi connectivity index (χ0v) is 15.6. The number of piperidine rings is 1. The normalized spacial score (nSPS) is 16.4. The molecule has 0 aromatic carbocycles. The fourth-order valence-electron chi connectivity index (χ4n) is 3.49. The van der Waals surface area contributed by atoms with Crippen molar-refractivity contribution in [3.05, 3.63) is 35.8 Å². The largest absolute Gasteiger partial charge is 0.446 e. The average molecular weight is 355 g/mol. The van der Waals surface area contributed by atoms with Gasteiger partial charge in [-0.05, 0) is 38.1 Å². The van der Waals surface area contributed by atoms with Gasteiger partial charge in [0.2, 0.25) is 0 Å². The minimum Gasteiger partial charge on any atom is -0.446 e. The molecule has 0 spiro atoms. The Bertz CT molecular complexity index is 877. The lowest BCUT2D eigenvalue weighted by Crippen LogP contribution is -2.35. The minimum absolute atomic E-state index is 0.402. The summed E-state index contributed by atoms with van der Waals surface area (Å²) in [5, 5.41) is 13.4. The van der Waals surface area contributed by atoms with Crippen LogP contribution in [-0.2, 0) is 6.42 Å². The summed E-state index contributed by atoms with van der Waals surface area (Å²) < 4.78 is 7.47. The Morgan fingerprint density at radius 1 is 1.19 bits per heavy atom. The Labute approximate surface area is 152 Å². The van der Waals surface area contributed by atoms with Crippen molar-refractivity contribution in [2.75, 3.05) is 38.6 Å². The van der Waals surface area contributed by atoms with Gasteiger partial charge in [-0.3, -0.25) is 0 Å². The third-order valence-corrected chi connectivity index (χ3v) is 5.03. The molecule has 8 nitrogen and oxygen atoms in total. The number of nitrogens with zero attached hydrogens (tertiary/aromatic N) is 7. The zero-order valence-electron chi connectivity index (χ0n) is 15.6. The van der Waals surface area contributed by atoms with E-state index in [0.717, 1.165) is 67.8 Å². The van der Waals surface area contributed by atoms with Gasteiger partial charge in [-0.25, -0.2) is 4.98 Å². The summed E-state index contributed by atoms with van der Waals surface area (Å²) in [7, 11) is 3.99. The first kappa shape index (κ1) is 17.0. The maximum atomic E-state index is 5.56. The number of anilines is 1. The van der Waals surface area contributed by atoms with Crippen LogP contribution in [0.5, 0.6) is 0 Å². The van der Waals surface area contributed by atoms with Crippen LogP contribution in [-0.4, -0.2) is 63.4 Å². The Morgan fingerprint density at radius 2 is 2.00 bits per heavy atom. The van der Waals surface area contributed by atoms with E-state index in [2.05, 4.69) is 20.1 Å². The molecule has 1 aliphatic heterocycles. The molecule has 0 saturated carbocycles. The van der Waals surface area contributed by atoms with E-state index < -0.39 is 0 Å². The molecule has 3 aromatic rings. The predicted molar refractivity (Wildman–Crippen MR) is 98.5 cm³/mol. The maximum Gasteiger partial charge on any atom is 0.191 e. The highest BCUT2D eigenvalue weighted by Gasteiger charge is 2.25. The summed E-state index contributed by atoms with van der Waals surface area (Å²) in [6, 6.07) is 3.95. The van der Waals surface area contributed by atoms with Crippen molar-refractivity contribution in [3.8, 4) is 0 Å². The highest BCUT2D eigenvalue weighted by atomic mass is 16.3. The van der Waals surface area contributed by atoms with Gasteiger partial charge in [0.15, 0.2) is 17.4 Å². The highest BCUT2D eigenvalue weighted by Crippen LogP contribution is 2.27. The summed E-state index contributed by atoms with van der Waals surface area (Å²) in [5.74, 6) is 4.00. The monoisotopic (exact) mass is 355 g/mol. The fourth-order valence-corrected chi connectivity index (χ4v) is 3.49.